The molecular weight excluding hydrogens is 422 g/mol. The molecule has 1 aliphatic carbocycles. The van der Waals surface area contributed by atoms with Crippen LogP contribution in [0.5, 0.6) is 0 Å². The average molecular weight is 458 g/mol. The fourth-order valence-electron chi connectivity index (χ4n) is 4.30. The van der Waals surface area contributed by atoms with E-state index in [2.05, 4.69) is 48.0 Å². The number of carbonyl (C=O) groups is 2. The molecule has 3 aromatic rings. The van der Waals surface area contributed by atoms with Crippen molar-refractivity contribution in [1.82, 2.24) is 14.4 Å². The van der Waals surface area contributed by atoms with Crippen molar-refractivity contribution >= 4 is 11.8 Å². The van der Waals surface area contributed by atoms with Gasteiger partial charge in [-0.15, -0.1) is 0 Å². The molecule has 0 unspecified atom stereocenters. The molecule has 2 aromatic carbocycles. The Balaban J connectivity index is 1.55. The molecule has 0 spiro atoms. The number of hydrogen-bond donors (Lipinski definition) is 0. The summed E-state index contributed by atoms with van der Waals surface area (Å²) in [7, 11) is 0. The van der Waals surface area contributed by atoms with Crippen molar-refractivity contribution in [2.24, 2.45) is 5.92 Å². The minimum Gasteiger partial charge on any atom is -0.345 e. The Bertz CT molecular complexity index is 1120. The van der Waals surface area contributed by atoms with Crippen molar-refractivity contribution in [2.75, 3.05) is 6.54 Å². The van der Waals surface area contributed by atoms with Crippen molar-refractivity contribution in [1.29, 1.82) is 0 Å². The number of benzene rings is 2. The highest BCUT2D eigenvalue weighted by Gasteiger charge is 2.35. The molecule has 34 heavy (non-hydrogen) atoms. The molecule has 0 bridgehead atoms. The third-order valence-electron chi connectivity index (χ3n) is 6.52. The maximum absolute atomic E-state index is 13.6. The summed E-state index contributed by atoms with van der Waals surface area (Å²) in [5, 5.41) is 0. The molecule has 4 rings (SSSR count). The fraction of sp³-hybridized carbons (Fsp3) is 0.379. The van der Waals surface area contributed by atoms with Crippen LogP contribution < -0.4 is 0 Å². The van der Waals surface area contributed by atoms with E-state index in [1.807, 2.05) is 55.1 Å². The molecule has 2 amide bonds. The molecule has 1 saturated carbocycles. The second-order valence-electron chi connectivity index (χ2n) is 9.64. The normalized spacial score (nSPS) is 13.2. The Hall–Kier alpha value is -3.34. The van der Waals surface area contributed by atoms with Crippen LogP contribution in [0.3, 0.4) is 0 Å². The maximum Gasteiger partial charge on any atom is 0.242 e. The smallest absolute Gasteiger partial charge is 0.242 e. The summed E-state index contributed by atoms with van der Waals surface area (Å²) >= 11 is 0. The lowest BCUT2D eigenvalue weighted by atomic mass is 10.1. The summed E-state index contributed by atoms with van der Waals surface area (Å²) in [5.41, 5.74) is 4.69. The van der Waals surface area contributed by atoms with Gasteiger partial charge < -0.3 is 14.4 Å². The average Bonchev–Trinajstić information content (AvgIpc) is 3.58. The van der Waals surface area contributed by atoms with Gasteiger partial charge in [-0.3, -0.25) is 9.59 Å². The van der Waals surface area contributed by atoms with Gasteiger partial charge in [-0.2, -0.15) is 0 Å². The van der Waals surface area contributed by atoms with Crippen LogP contribution in [0, 0.1) is 12.8 Å². The van der Waals surface area contributed by atoms with Gasteiger partial charge in [0.2, 0.25) is 11.8 Å². The lowest BCUT2D eigenvalue weighted by Gasteiger charge is -2.29. The number of aromatic nitrogens is 1. The predicted molar refractivity (Wildman–Crippen MR) is 135 cm³/mol. The van der Waals surface area contributed by atoms with Gasteiger partial charge in [0.1, 0.15) is 6.54 Å². The topological polar surface area (TPSA) is 45.6 Å². The Morgan fingerprint density at radius 2 is 1.65 bits per heavy atom. The van der Waals surface area contributed by atoms with Crippen LogP contribution in [0.4, 0.5) is 0 Å². The van der Waals surface area contributed by atoms with E-state index >= 15 is 0 Å². The highest BCUT2D eigenvalue weighted by Crippen LogP contribution is 2.28. The second kappa shape index (κ2) is 10.7. The molecule has 1 aromatic heterocycles. The number of amides is 2. The van der Waals surface area contributed by atoms with Gasteiger partial charge in [0.15, 0.2) is 0 Å². The first-order chi connectivity index (χ1) is 16.4. The highest BCUT2D eigenvalue weighted by atomic mass is 16.2. The zero-order valence-electron chi connectivity index (χ0n) is 20.5. The molecule has 178 valence electrons. The van der Waals surface area contributed by atoms with E-state index in [4.69, 9.17) is 0 Å². The van der Waals surface area contributed by atoms with Gasteiger partial charge in [-0.1, -0.05) is 68.4 Å². The lowest BCUT2D eigenvalue weighted by molar-refractivity contribution is -0.143. The molecule has 0 saturated heterocycles. The van der Waals surface area contributed by atoms with E-state index in [0.29, 0.717) is 13.1 Å². The number of aryl methyl sites for hydroxylation is 1. The van der Waals surface area contributed by atoms with E-state index < -0.39 is 0 Å². The molecule has 0 atom stereocenters. The maximum atomic E-state index is 13.6. The van der Waals surface area contributed by atoms with Crippen LogP contribution in [0.15, 0.2) is 72.9 Å². The lowest BCUT2D eigenvalue weighted by Crippen LogP contribution is -2.45. The van der Waals surface area contributed by atoms with Crippen LogP contribution in [-0.4, -0.2) is 38.8 Å². The van der Waals surface area contributed by atoms with E-state index in [0.717, 1.165) is 30.6 Å². The summed E-state index contributed by atoms with van der Waals surface area (Å²) in [6.45, 7) is 7.87. The van der Waals surface area contributed by atoms with E-state index in [1.165, 1.54) is 11.1 Å². The molecule has 0 N–H and O–H groups in total. The summed E-state index contributed by atoms with van der Waals surface area (Å²) in [5.74, 6) is -0.0471. The Morgan fingerprint density at radius 3 is 2.32 bits per heavy atom. The van der Waals surface area contributed by atoms with Crippen molar-refractivity contribution in [3.63, 3.8) is 0 Å². The summed E-state index contributed by atoms with van der Waals surface area (Å²) in [4.78, 5) is 30.1. The van der Waals surface area contributed by atoms with E-state index in [9.17, 15) is 9.59 Å². The highest BCUT2D eigenvalue weighted by molar-refractivity contribution is 5.86. The van der Waals surface area contributed by atoms with E-state index in [1.54, 1.807) is 4.90 Å². The number of nitrogens with zero attached hydrogens (tertiary/aromatic N) is 3. The van der Waals surface area contributed by atoms with Crippen molar-refractivity contribution < 1.29 is 9.59 Å². The minimum absolute atomic E-state index is 0.00612. The van der Waals surface area contributed by atoms with Crippen LogP contribution in [-0.2, 0) is 29.2 Å². The second-order valence-corrected chi connectivity index (χ2v) is 9.64. The Labute approximate surface area is 203 Å². The molecule has 0 aliphatic heterocycles. The zero-order chi connectivity index (χ0) is 24.1. The molecule has 1 heterocycles. The standard InChI is InChI=1S/C29H35N3O2/c1-22(2)29(34)32(26-15-16-26)21-28(33)31(18-24-11-5-4-6-12-24)20-27-14-9-17-30(27)19-25-13-8-7-10-23(25)3/h4-14,17,22,26H,15-16,18-21H2,1-3H3. The first-order valence-electron chi connectivity index (χ1n) is 12.2. The summed E-state index contributed by atoms with van der Waals surface area (Å²) in [6.07, 6.45) is 4.05. The largest absolute Gasteiger partial charge is 0.345 e. The third-order valence-corrected chi connectivity index (χ3v) is 6.52. The summed E-state index contributed by atoms with van der Waals surface area (Å²) in [6, 6.07) is 22.8. The van der Waals surface area contributed by atoms with Gasteiger partial charge in [0, 0.05) is 36.9 Å². The SMILES string of the molecule is Cc1ccccc1Cn1cccc1CN(Cc1ccccc1)C(=O)CN(C(=O)C(C)C)C1CC1. The molecule has 5 heteroatoms. The monoisotopic (exact) mass is 457 g/mol. The first kappa shape index (κ1) is 23.8. The number of rotatable bonds is 10. The summed E-state index contributed by atoms with van der Waals surface area (Å²) < 4.78 is 2.21. The molecule has 1 fully saturated rings. The Kier molecular flexibility index (Phi) is 7.51. The van der Waals surface area contributed by atoms with Gasteiger partial charge >= 0.3 is 0 Å². The van der Waals surface area contributed by atoms with Gasteiger partial charge in [0.25, 0.3) is 0 Å². The molecule has 0 radical (unpaired) electrons. The molecular formula is C29H35N3O2. The van der Waals surface area contributed by atoms with Crippen LogP contribution in [0.2, 0.25) is 0 Å². The van der Waals surface area contributed by atoms with Gasteiger partial charge in [-0.25, -0.2) is 0 Å². The Morgan fingerprint density at radius 1 is 0.941 bits per heavy atom. The predicted octanol–water partition coefficient (Wildman–Crippen LogP) is 5.02. The van der Waals surface area contributed by atoms with E-state index in [-0.39, 0.29) is 30.3 Å². The van der Waals surface area contributed by atoms with Crippen LogP contribution >= 0.6 is 0 Å². The number of carbonyl (C=O) groups excluding carboxylic acids is 2. The fourth-order valence-corrected chi connectivity index (χ4v) is 4.30. The van der Waals surface area contributed by atoms with Crippen LogP contribution in [0.1, 0.15) is 49.1 Å². The molecule has 5 nitrogen and oxygen atoms in total. The van der Waals surface area contributed by atoms with Crippen molar-refractivity contribution in [3.8, 4) is 0 Å². The minimum atomic E-state index is -0.109. The van der Waals surface area contributed by atoms with Crippen molar-refractivity contribution in [2.45, 2.75) is 59.3 Å². The van der Waals surface area contributed by atoms with Crippen molar-refractivity contribution in [3.05, 3.63) is 95.3 Å². The number of hydrogen-bond acceptors (Lipinski definition) is 2. The van der Waals surface area contributed by atoms with Gasteiger partial charge in [-0.05, 0) is 48.6 Å². The zero-order valence-corrected chi connectivity index (χ0v) is 20.5. The molecule has 1 aliphatic rings. The first-order valence-corrected chi connectivity index (χ1v) is 12.2. The quantitative estimate of drug-likeness (QED) is 0.429. The third kappa shape index (κ3) is 5.96. The van der Waals surface area contributed by atoms with Crippen LogP contribution in [0.25, 0.3) is 0 Å². The van der Waals surface area contributed by atoms with Gasteiger partial charge in [0.05, 0.1) is 6.54 Å².